The van der Waals surface area contributed by atoms with Crippen LogP contribution in [0.5, 0.6) is 0 Å². The molecule has 0 aliphatic heterocycles. The van der Waals surface area contributed by atoms with E-state index in [1.165, 1.54) is 0 Å². The van der Waals surface area contributed by atoms with Crippen molar-refractivity contribution in [2.75, 3.05) is 17.7 Å². The van der Waals surface area contributed by atoms with Crippen LogP contribution in [0.25, 0.3) is 0 Å². The van der Waals surface area contributed by atoms with Crippen molar-refractivity contribution in [1.29, 1.82) is 0 Å². The Hall–Kier alpha value is -2.90. The Bertz CT molecular complexity index is 620. The summed E-state index contributed by atoms with van der Waals surface area (Å²) in [6, 6.07) is 6.28. The zero-order chi connectivity index (χ0) is 14.5. The minimum atomic E-state index is -0.486. The summed E-state index contributed by atoms with van der Waals surface area (Å²) in [5.41, 5.74) is 6.39. The molecule has 1 aromatic heterocycles. The molecule has 1 heterocycles. The highest BCUT2D eigenvalue weighted by atomic mass is 16.5. The molecule has 1 amide bonds. The molecule has 0 spiro atoms. The first-order chi connectivity index (χ1) is 9.61. The molecule has 4 N–H and O–H groups in total. The minimum absolute atomic E-state index is 0.0134. The lowest BCUT2D eigenvalue weighted by Crippen LogP contribution is -2.14. The molecule has 0 saturated carbocycles. The predicted octanol–water partition coefficient (Wildman–Crippen LogP) is 0.816. The molecule has 0 radical (unpaired) electrons. The first kappa shape index (κ1) is 13.5. The van der Waals surface area contributed by atoms with Crippen LogP contribution in [0, 0.1) is 0 Å². The molecule has 8 heteroatoms. The normalized spacial score (nSPS) is 10.1. The Morgan fingerprint density at radius 3 is 2.55 bits per heavy atom. The van der Waals surface area contributed by atoms with E-state index in [-0.39, 0.29) is 11.5 Å². The molecule has 0 unspecified atom stereocenters. The number of hydrogen-bond donors (Lipinski definition) is 3. The first-order valence-corrected chi connectivity index (χ1v) is 5.86. The monoisotopic (exact) mass is 275 g/mol. The van der Waals surface area contributed by atoms with E-state index in [0.29, 0.717) is 17.9 Å². The fourth-order valence-electron chi connectivity index (χ4n) is 1.50. The van der Waals surface area contributed by atoms with E-state index in [1.54, 1.807) is 31.2 Å². The Labute approximate surface area is 114 Å². The quantitative estimate of drug-likeness (QED) is 0.710. The lowest BCUT2D eigenvalue weighted by molar-refractivity contribution is 0.0526. The number of carbonyl (C=O) groups excluding carboxylic acids is 2. The number of benzene rings is 1. The third-order valence-electron chi connectivity index (χ3n) is 2.44. The second-order valence-corrected chi connectivity index (χ2v) is 3.81. The minimum Gasteiger partial charge on any atom is -0.462 e. The summed E-state index contributed by atoms with van der Waals surface area (Å²) in [6.07, 6.45) is 0. The Balaban J connectivity index is 2.06. The van der Waals surface area contributed by atoms with Crippen molar-refractivity contribution in [3.8, 4) is 0 Å². The summed E-state index contributed by atoms with van der Waals surface area (Å²) in [5, 5.41) is 12.0. The summed E-state index contributed by atoms with van der Waals surface area (Å²) in [6.45, 7) is 2.04. The molecule has 0 bridgehead atoms. The lowest BCUT2D eigenvalue weighted by atomic mass is 10.2. The largest absolute Gasteiger partial charge is 0.462 e. The fraction of sp³-hybridized carbons (Fsp3) is 0.167. The number of rotatable bonds is 4. The Kier molecular flexibility index (Phi) is 3.94. The molecule has 0 atom stereocenters. The van der Waals surface area contributed by atoms with Crippen LogP contribution in [0.1, 0.15) is 27.8 Å². The van der Waals surface area contributed by atoms with E-state index < -0.39 is 11.9 Å². The second kappa shape index (κ2) is 5.83. The molecular weight excluding hydrogens is 262 g/mol. The lowest BCUT2D eigenvalue weighted by Gasteiger charge is -2.05. The SMILES string of the molecule is CCOC(=O)c1ccc(NC(=O)c2n[nH]nc2N)cc1. The number of carbonyl (C=O) groups is 2. The predicted molar refractivity (Wildman–Crippen MR) is 71.1 cm³/mol. The number of nitrogen functional groups attached to an aromatic ring is 1. The molecule has 20 heavy (non-hydrogen) atoms. The number of hydrogen-bond acceptors (Lipinski definition) is 6. The number of H-pyrrole nitrogens is 1. The number of nitrogens with two attached hydrogens (primary N) is 1. The molecular formula is C12H13N5O3. The molecule has 2 rings (SSSR count). The Morgan fingerprint density at radius 2 is 2.00 bits per heavy atom. The van der Waals surface area contributed by atoms with E-state index in [4.69, 9.17) is 10.5 Å². The zero-order valence-corrected chi connectivity index (χ0v) is 10.7. The standard InChI is InChI=1S/C12H13N5O3/c1-2-20-12(19)7-3-5-8(6-4-7)14-11(18)9-10(13)16-17-15-9/h3-6H,2H2,1H3,(H,14,18)(H3,13,15,16,17). The van der Waals surface area contributed by atoms with Crippen molar-refractivity contribution >= 4 is 23.4 Å². The number of nitrogens with zero attached hydrogens (tertiary/aromatic N) is 2. The molecule has 0 aliphatic carbocycles. The topological polar surface area (TPSA) is 123 Å². The number of aromatic nitrogens is 3. The van der Waals surface area contributed by atoms with Crippen LogP contribution in [0.3, 0.4) is 0 Å². The third-order valence-corrected chi connectivity index (χ3v) is 2.44. The van der Waals surface area contributed by atoms with Gasteiger partial charge in [-0.15, -0.1) is 10.2 Å². The maximum Gasteiger partial charge on any atom is 0.338 e. The average molecular weight is 275 g/mol. The van der Waals surface area contributed by atoms with Gasteiger partial charge < -0.3 is 15.8 Å². The van der Waals surface area contributed by atoms with Crippen LogP contribution in [0.2, 0.25) is 0 Å². The first-order valence-electron chi connectivity index (χ1n) is 5.86. The maximum absolute atomic E-state index is 11.8. The van der Waals surface area contributed by atoms with Gasteiger partial charge >= 0.3 is 5.97 Å². The van der Waals surface area contributed by atoms with E-state index in [2.05, 4.69) is 20.7 Å². The number of amides is 1. The van der Waals surface area contributed by atoms with Crippen LogP contribution in [-0.2, 0) is 4.74 Å². The van der Waals surface area contributed by atoms with Crippen LogP contribution >= 0.6 is 0 Å². The number of aromatic amines is 1. The van der Waals surface area contributed by atoms with Gasteiger partial charge in [-0.05, 0) is 31.2 Å². The van der Waals surface area contributed by atoms with Gasteiger partial charge in [0.25, 0.3) is 5.91 Å². The van der Waals surface area contributed by atoms with E-state index >= 15 is 0 Å². The van der Waals surface area contributed by atoms with Gasteiger partial charge in [-0.25, -0.2) is 4.79 Å². The molecule has 2 aromatic rings. The van der Waals surface area contributed by atoms with Crippen molar-refractivity contribution in [1.82, 2.24) is 15.4 Å². The van der Waals surface area contributed by atoms with Gasteiger partial charge in [0, 0.05) is 5.69 Å². The smallest absolute Gasteiger partial charge is 0.338 e. The second-order valence-electron chi connectivity index (χ2n) is 3.81. The van der Waals surface area contributed by atoms with Crippen molar-refractivity contribution in [2.24, 2.45) is 0 Å². The number of esters is 1. The third kappa shape index (κ3) is 2.91. The zero-order valence-electron chi connectivity index (χ0n) is 10.7. The Morgan fingerprint density at radius 1 is 1.30 bits per heavy atom. The van der Waals surface area contributed by atoms with Crippen LogP contribution < -0.4 is 11.1 Å². The van der Waals surface area contributed by atoms with E-state index in [9.17, 15) is 9.59 Å². The summed E-state index contributed by atoms with van der Waals surface area (Å²) in [4.78, 5) is 23.3. The van der Waals surface area contributed by atoms with Crippen molar-refractivity contribution in [3.63, 3.8) is 0 Å². The average Bonchev–Trinajstić information content (AvgIpc) is 2.86. The highest BCUT2D eigenvalue weighted by Crippen LogP contribution is 2.12. The number of nitrogens with one attached hydrogen (secondary N) is 2. The highest BCUT2D eigenvalue weighted by Gasteiger charge is 2.14. The van der Waals surface area contributed by atoms with Gasteiger partial charge in [0.1, 0.15) is 0 Å². The van der Waals surface area contributed by atoms with Crippen molar-refractivity contribution in [2.45, 2.75) is 6.92 Å². The molecule has 8 nitrogen and oxygen atoms in total. The molecule has 0 fully saturated rings. The summed E-state index contributed by atoms with van der Waals surface area (Å²) < 4.78 is 4.86. The maximum atomic E-state index is 11.8. The van der Waals surface area contributed by atoms with Gasteiger partial charge in [0.05, 0.1) is 12.2 Å². The van der Waals surface area contributed by atoms with Crippen molar-refractivity contribution in [3.05, 3.63) is 35.5 Å². The van der Waals surface area contributed by atoms with Crippen LogP contribution in [0.4, 0.5) is 11.5 Å². The van der Waals surface area contributed by atoms with Gasteiger partial charge in [-0.3, -0.25) is 4.79 Å². The summed E-state index contributed by atoms with van der Waals surface area (Å²) in [7, 11) is 0. The van der Waals surface area contributed by atoms with Crippen molar-refractivity contribution < 1.29 is 14.3 Å². The van der Waals surface area contributed by atoms with E-state index in [1.807, 2.05) is 0 Å². The van der Waals surface area contributed by atoms with Crippen LogP contribution in [-0.4, -0.2) is 33.9 Å². The highest BCUT2D eigenvalue weighted by molar-refractivity contribution is 6.05. The number of ether oxygens (including phenoxy) is 1. The summed E-state index contributed by atoms with van der Waals surface area (Å²) in [5.74, 6) is -0.878. The van der Waals surface area contributed by atoms with Gasteiger partial charge in [-0.1, -0.05) is 0 Å². The molecule has 104 valence electrons. The molecule has 1 aromatic carbocycles. The molecule has 0 saturated heterocycles. The number of anilines is 2. The van der Waals surface area contributed by atoms with Gasteiger partial charge in [0.2, 0.25) is 0 Å². The van der Waals surface area contributed by atoms with E-state index in [0.717, 1.165) is 0 Å². The van der Waals surface area contributed by atoms with Gasteiger partial charge in [0.15, 0.2) is 11.5 Å². The summed E-state index contributed by atoms with van der Waals surface area (Å²) >= 11 is 0. The van der Waals surface area contributed by atoms with Crippen LogP contribution in [0.15, 0.2) is 24.3 Å². The molecule has 0 aliphatic rings. The fourth-order valence-corrected chi connectivity index (χ4v) is 1.50. The van der Waals surface area contributed by atoms with Gasteiger partial charge in [-0.2, -0.15) is 5.21 Å².